The summed E-state index contributed by atoms with van der Waals surface area (Å²) in [7, 11) is 0. The minimum atomic E-state index is 0.529. The van der Waals surface area contributed by atoms with Gasteiger partial charge in [-0.2, -0.15) is 0 Å². The Kier molecular flexibility index (Phi) is 2.82. The molecule has 0 radical (unpaired) electrons. The lowest BCUT2D eigenvalue weighted by Crippen LogP contribution is -2.00. The van der Waals surface area contributed by atoms with Crippen molar-refractivity contribution in [1.29, 1.82) is 0 Å². The Morgan fingerprint density at radius 1 is 1.23 bits per heavy atom. The largest absolute Gasteiger partial charge is 0.467 e. The average Bonchev–Trinajstić information content (AvgIpc) is 3.14. The molecule has 0 saturated carbocycles. The fourth-order valence-electron chi connectivity index (χ4n) is 2.40. The Morgan fingerprint density at radius 2 is 2.14 bits per heavy atom. The molecule has 4 heterocycles. The van der Waals surface area contributed by atoms with E-state index in [0.717, 1.165) is 27.9 Å². The Balaban J connectivity index is 1.82. The third-order valence-electron chi connectivity index (χ3n) is 3.70. The van der Waals surface area contributed by atoms with Gasteiger partial charge < -0.3 is 14.2 Å². The molecule has 0 spiro atoms. The fraction of sp³-hybridized carbons (Fsp3) is 0.188. The van der Waals surface area contributed by atoms with Crippen molar-refractivity contribution in [3.8, 4) is 0 Å². The molecule has 0 aliphatic carbocycles. The second-order valence-electron chi connectivity index (χ2n) is 5.18. The number of nitrogens with one attached hydrogen (secondary N) is 1. The van der Waals surface area contributed by atoms with Gasteiger partial charge in [-0.1, -0.05) is 0 Å². The molecule has 6 heteroatoms. The Morgan fingerprint density at radius 3 is 2.95 bits per heavy atom. The first-order chi connectivity index (χ1) is 10.7. The first-order valence-electron chi connectivity index (χ1n) is 7.00. The summed E-state index contributed by atoms with van der Waals surface area (Å²) in [5.41, 5.74) is 4.02. The molecule has 110 valence electrons. The monoisotopic (exact) mass is 294 g/mol. The summed E-state index contributed by atoms with van der Waals surface area (Å²) in [6.45, 7) is 4.52. The molecular weight excluding hydrogens is 280 g/mol. The highest BCUT2D eigenvalue weighted by Gasteiger charge is 2.15. The highest BCUT2D eigenvalue weighted by molar-refractivity contribution is 6.04. The second kappa shape index (κ2) is 4.84. The van der Waals surface area contributed by atoms with E-state index in [-0.39, 0.29) is 0 Å². The summed E-state index contributed by atoms with van der Waals surface area (Å²) in [6, 6.07) is 5.80. The Bertz CT molecular complexity index is 957. The summed E-state index contributed by atoms with van der Waals surface area (Å²) in [5, 5.41) is 4.12. The van der Waals surface area contributed by atoms with E-state index in [1.165, 1.54) is 6.33 Å². The van der Waals surface area contributed by atoms with Crippen molar-refractivity contribution in [2.75, 3.05) is 5.32 Å². The SMILES string of the molecule is Cc1cc2c(nc1C)oc1c(NCc3ccco3)ncnc12. The van der Waals surface area contributed by atoms with E-state index in [2.05, 4.69) is 20.3 Å². The van der Waals surface area contributed by atoms with Gasteiger partial charge >= 0.3 is 0 Å². The lowest BCUT2D eigenvalue weighted by atomic mass is 10.2. The van der Waals surface area contributed by atoms with Gasteiger partial charge in [-0.25, -0.2) is 15.0 Å². The van der Waals surface area contributed by atoms with Gasteiger partial charge in [0.25, 0.3) is 0 Å². The van der Waals surface area contributed by atoms with Gasteiger partial charge in [0, 0.05) is 5.69 Å². The zero-order chi connectivity index (χ0) is 15.1. The first-order valence-corrected chi connectivity index (χ1v) is 7.00. The number of hydrogen-bond acceptors (Lipinski definition) is 6. The van der Waals surface area contributed by atoms with Crippen LogP contribution in [0, 0.1) is 13.8 Å². The van der Waals surface area contributed by atoms with Crippen molar-refractivity contribution in [1.82, 2.24) is 15.0 Å². The van der Waals surface area contributed by atoms with Gasteiger partial charge in [0.1, 0.15) is 17.6 Å². The predicted molar refractivity (Wildman–Crippen MR) is 82.6 cm³/mol. The molecule has 0 amide bonds. The second-order valence-corrected chi connectivity index (χ2v) is 5.18. The van der Waals surface area contributed by atoms with Crippen molar-refractivity contribution in [2.45, 2.75) is 20.4 Å². The molecule has 4 rings (SSSR count). The summed E-state index contributed by atoms with van der Waals surface area (Å²) < 4.78 is 11.2. The van der Waals surface area contributed by atoms with Crippen molar-refractivity contribution in [3.63, 3.8) is 0 Å². The van der Waals surface area contributed by atoms with E-state index in [1.807, 2.05) is 32.0 Å². The zero-order valence-corrected chi connectivity index (χ0v) is 12.3. The lowest BCUT2D eigenvalue weighted by Gasteiger charge is -2.02. The molecule has 0 fully saturated rings. The summed E-state index contributed by atoms with van der Waals surface area (Å²) in [4.78, 5) is 13.1. The van der Waals surface area contributed by atoms with Crippen LogP contribution in [0.3, 0.4) is 0 Å². The third kappa shape index (κ3) is 2.00. The lowest BCUT2D eigenvalue weighted by molar-refractivity contribution is 0.517. The molecule has 0 atom stereocenters. The maximum absolute atomic E-state index is 5.86. The molecule has 4 aromatic rings. The van der Waals surface area contributed by atoms with E-state index in [9.17, 15) is 0 Å². The Labute approximate surface area is 126 Å². The van der Waals surface area contributed by atoms with Crippen LogP contribution < -0.4 is 5.32 Å². The van der Waals surface area contributed by atoms with Crippen molar-refractivity contribution in [2.24, 2.45) is 0 Å². The summed E-state index contributed by atoms with van der Waals surface area (Å²) in [6.07, 6.45) is 3.17. The quantitative estimate of drug-likeness (QED) is 0.622. The number of aromatic nitrogens is 3. The number of furan rings is 2. The summed E-state index contributed by atoms with van der Waals surface area (Å²) >= 11 is 0. The highest BCUT2D eigenvalue weighted by atomic mass is 16.3. The van der Waals surface area contributed by atoms with Gasteiger partial charge in [-0.15, -0.1) is 0 Å². The topological polar surface area (TPSA) is 77.0 Å². The van der Waals surface area contributed by atoms with E-state index in [0.29, 0.717) is 23.7 Å². The van der Waals surface area contributed by atoms with Crippen LogP contribution in [0.4, 0.5) is 5.82 Å². The van der Waals surface area contributed by atoms with E-state index in [4.69, 9.17) is 8.83 Å². The average molecular weight is 294 g/mol. The molecule has 6 nitrogen and oxygen atoms in total. The highest BCUT2D eigenvalue weighted by Crippen LogP contribution is 2.30. The van der Waals surface area contributed by atoms with E-state index >= 15 is 0 Å². The molecule has 0 aromatic carbocycles. The number of pyridine rings is 1. The van der Waals surface area contributed by atoms with Crippen molar-refractivity contribution < 1.29 is 8.83 Å². The van der Waals surface area contributed by atoms with Gasteiger partial charge in [0.2, 0.25) is 5.71 Å². The standard InChI is InChI=1S/C16H14N4O2/c1-9-6-12-13-14(22-16(12)20-10(9)2)15(19-8-18-13)17-7-11-4-3-5-21-11/h3-6,8H,7H2,1-2H3,(H,17,18,19). The van der Waals surface area contributed by atoms with E-state index < -0.39 is 0 Å². The van der Waals surface area contributed by atoms with Gasteiger partial charge in [0.05, 0.1) is 18.2 Å². The normalized spacial score (nSPS) is 11.4. The van der Waals surface area contributed by atoms with Crippen LogP contribution in [-0.2, 0) is 6.54 Å². The molecule has 22 heavy (non-hydrogen) atoms. The van der Waals surface area contributed by atoms with Crippen LogP contribution in [0.1, 0.15) is 17.0 Å². The van der Waals surface area contributed by atoms with Crippen LogP contribution in [-0.4, -0.2) is 15.0 Å². The number of fused-ring (bicyclic) bond motifs is 3. The smallest absolute Gasteiger partial charge is 0.229 e. The van der Waals surface area contributed by atoms with Gasteiger partial charge in [-0.3, -0.25) is 0 Å². The molecule has 4 aromatic heterocycles. The number of aryl methyl sites for hydroxylation is 2. The minimum Gasteiger partial charge on any atom is -0.467 e. The van der Waals surface area contributed by atoms with Crippen LogP contribution in [0.5, 0.6) is 0 Å². The number of hydrogen-bond donors (Lipinski definition) is 1. The predicted octanol–water partition coefficient (Wildman–Crippen LogP) is 3.59. The van der Waals surface area contributed by atoms with Crippen LogP contribution in [0.2, 0.25) is 0 Å². The fourth-order valence-corrected chi connectivity index (χ4v) is 2.40. The van der Waals surface area contributed by atoms with E-state index in [1.54, 1.807) is 6.26 Å². The maximum atomic E-state index is 5.86. The number of nitrogens with zero attached hydrogens (tertiary/aromatic N) is 3. The molecular formula is C16H14N4O2. The number of rotatable bonds is 3. The third-order valence-corrected chi connectivity index (χ3v) is 3.70. The minimum absolute atomic E-state index is 0.529. The first kappa shape index (κ1) is 12.8. The molecule has 0 unspecified atom stereocenters. The summed E-state index contributed by atoms with van der Waals surface area (Å²) in [5.74, 6) is 1.46. The Hall–Kier alpha value is -2.89. The molecule has 0 aliphatic heterocycles. The molecule has 0 aliphatic rings. The van der Waals surface area contributed by atoms with Crippen LogP contribution >= 0.6 is 0 Å². The number of anilines is 1. The van der Waals surface area contributed by atoms with Crippen LogP contribution in [0.15, 0.2) is 39.6 Å². The van der Waals surface area contributed by atoms with Crippen molar-refractivity contribution >= 4 is 28.0 Å². The zero-order valence-electron chi connectivity index (χ0n) is 12.3. The molecule has 0 bridgehead atoms. The molecule has 0 saturated heterocycles. The molecule has 1 N–H and O–H groups in total. The van der Waals surface area contributed by atoms with Gasteiger partial charge in [0.15, 0.2) is 11.4 Å². The van der Waals surface area contributed by atoms with Gasteiger partial charge in [-0.05, 0) is 37.6 Å². The van der Waals surface area contributed by atoms with Crippen LogP contribution in [0.25, 0.3) is 22.2 Å². The van der Waals surface area contributed by atoms with Crippen molar-refractivity contribution in [3.05, 3.63) is 47.8 Å². The maximum Gasteiger partial charge on any atom is 0.229 e.